The molecule has 4 nitrogen and oxygen atoms in total. The molecule has 1 fully saturated rings. The number of anilines is 1. The lowest BCUT2D eigenvalue weighted by Gasteiger charge is -2.40. The Morgan fingerprint density at radius 3 is 2.84 bits per heavy atom. The highest BCUT2D eigenvalue weighted by Crippen LogP contribution is 2.25. The van der Waals surface area contributed by atoms with Gasteiger partial charge in [0, 0.05) is 18.6 Å². The van der Waals surface area contributed by atoms with Gasteiger partial charge in [0.15, 0.2) is 0 Å². The van der Waals surface area contributed by atoms with Crippen molar-refractivity contribution in [3.63, 3.8) is 0 Å². The van der Waals surface area contributed by atoms with E-state index in [4.69, 9.17) is 4.98 Å². The van der Waals surface area contributed by atoms with Gasteiger partial charge in [0.05, 0.1) is 17.6 Å². The Labute approximate surface area is 116 Å². The maximum atomic E-state index is 4.72. The van der Waals surface area contributed by atoms with E-state index >= 15 is 0 Å². The molecule has 1 aromatic heterocycles. The number of hydrogen-bond donors (Lipinski definition) is 1. The molecule has 4 heteroatoms. The standard InChI is InChI=1S/C15H26N4/c1-5-16-13(4)14-8-6-7-9-19(14)15-10-17-11(2)12(3)18-15/h10,13-14,16H,5-9H2,1-4H3. The molecule has 0 amide bonds. The van der Waals surface area contributed by atoms with Crippen molar-refractivity contribution in [2.45, 2.75) is 59.0 Å². The summed E-state index contributed by atoms with van der Waals surface area (Å²) in [5.41, 5.74) is 2.06. The molecule has 2 heterocycles. The Morgan fingerprint density at radius 2 is 2.16 bits per heavy atom. The van der Waals surface area contributed by atoms with Gasteiger partial charge in [-0.05, 0) is 46.6 Å². The third-order valence-corrected chi connectivity index (χ3v) is 4.13. The van der Waals surface area contributed by atoms with E-state index in [1.807, 2.05) is 20.0 Å². The van der Waals surface area contributed by atoms with Gasteiger partial charge in [0.1, 0.15) is 5.82 Å². The van der Waals surface area contributed by atoms with Gasteiger partial charge in [-0.3, -0.25) is 4.98 Å². The van der Waals surface area contributed by atoms with E-state index in [2.05, 4.69) is 29.0 Å². The second-order valence-electron chi connectivity index (χ2n) is 5.50. The van der Waals surface area contributed by atoms with Crippen molar-refractivity contribution < 1.29 is 0 Å². The van der Waals surface area contributed by atoms with Crippen LogP contribution < -0.4 is 10.2 Å². The van der Waals surface area contributed by atoms with Crippen LogP contribution in [-0.4, -0.2) is 35.1 Å². The number of nitrogens with one attached hydrogen (secondary N) is 1. The lowest BCUT2D eigenvalue weighted by Crippen LogP contribution is -2.51. The van der Waals surface area contributed by atoms with Crippen LogP contribution in [0.2, 0.25) is 0 Å². The zero-order valence-electron chi connectivity index (χ0n) is 12.6. The average Bonchev–Trinajstić information content (AvgIpc) is 2.42. The molecule has 2 unspecified atom stereocenters. The average molecular weight is 262 g/mol. The second kappa shape index (κ2) is 6.33. The van der Waals surface area contributed by atoms with E-state index in [0.717, 1.165) is 30.3 Å². The first kappa shape index (κ1) is 14.3. The smallest absolute Gasteiger partial charge is 0.147 e. The number of aryl methyl sites for hydroxylation is 2. The molecule has 1 aliphatic rings. The minimum Gasteiger partial charge on any atom is -0.351 e. The van der Waals surface area contributed by atoms with Gasteiger partial charge in [-0.1, -0.05) is 6.92 Å². The number of piperidine rings is 1. The molecule has 2 rings (SSSR count). The summed E-state index contributed by atoms with van der Waals surface area (Å²) in [5, 5.41) is 3.55. The van der Waals surface area contributed by atoms with Gasteiger partial charge < -0.3 is 10.2 Å². The number of hydrogen-bond acceptors (Lipinski definition) is 4. The van der Waals surface area contributed by atoms with Gasteiger partial charge >= 0.3 is 0 Å². The monoisotopic (exact) mass is 262 g/mol. The van der Waals surface area contributed by atoms with Crippen molar-refractivity contribution in [3.8, 4) is 0 Å². The van der Waals surface area contributed by atoms with Gasteiger partial charge in [-0.15, -0.1) is 0 Å². The van der Waals surface area contributed by atoms with Crippen molar-refractivity contribution in [2.24, 2.45) is 0 Å². The first-order chi connectivity index (χ1) is 9.13. The SMILES string of the molecule is CCNC(C)C1CCCCN1c1cnc(C)c(C)n1. The minimum absolute atomic E-state index is 0.494. The van der Waals surface area contributed by atoms with Crippen LogP contribution in [0.5, 0.6) is 0 Å². The summed E-state index contributed by atoms with van der Waals surface area (Å²) in [6.07, 6.45) is 5.74. The van der Waals surface area contributed by atoms with Crippen molar-refractivity contribution in [1.82, 2.24) is 15.3 Å². The number of aromatic nitrogens is 2. The van der Waals surface area contributed by atoms with Gasteiger partial charge in [-0.2, -0.15) is 0 Å². The molecule has 19 heavy (non-hydrogen) atoms. The normalized spacial score (nSPS) is 21.5. The molecule has 1 saturated heterocycles. The van der Waals surface area contributed by atoms with Crippen LogP contribution in [0, 0.1) is 13.8 Å². The van der Waals surface area contributed by atoms with Gasteiger partial charge in [0.25, 0.3) is 0 Å². The Kier molecular flexibility index (Phi) is 4.75. The molecule has 0 bridgehead atoms. The van der Waals surface area contributed by atoms with E-state index in [9.17, 15) is 0 Å². The summed E-state index contributed by atoms with van der Waals surface area (Å²) in [5.74, 6) is 1.04. The fraction of sp³-hybridized carbons (Fsp3) is 0.733. The van der Waals surface area contributed by atoms with Crippen LogP contribution in [-0.2, 0) is 0 Å². The Balaban J connectivity index is 2.20. The summed E-state index contributed by atoms with van der Waals surface area (Å²) in [6.45, 7) is 10.6. The Morgan fingerprint density at radius 1 is 1.37 bits per heavy atom. The van der Waals surface area contributed by atoms with Crippen LogP contribution in [0.4, 0.5) is 5.82 Å². The largest absolute Gasteiger partial charge is 0.351 e. The van der Waals surface area contributed by atoms with Crippen LogP contribution >= 0.6 is 0 Å². The Bertz CT molecular complexity index is 419. The molecule has 0 radical (unpaired) electrons. The summed E-state index contributed by atoms with van der Waals surface area (Å²) >= 11 is 0. The maximum absolute atomic E-state index is 4.72. The van der Waals surface area contributed by atoms with E-state index < -0.39 is 0 Å². The molecule has 0 saturated carbocycles. The molecule has 0 aromatic carbocycles. The molecule has 0 aliphatic carbocycles. The maximum Gasteiger partial charge on any atom is 0.147 e. The van der Waals surface area contributed by atoms with E-state index in [1.54, 1.807) is 0 Å². The quantitative estimate of drug-likeness (QED) is 0.905. The predicted octanol–water partition coefficient (Wildman–Crippen LogP) is 2.45. The molecule has 0 spiro atoms. The van der Waals surface area contributed by atoms with Gasteiger partial charge in [-0.25, -0.2) is 4.98 Å². The Hall–Kier alpha value is -1.16. The molecule has 1 N–H and O–H groups in total. The highest BCUT2D eigenvalue weighted by atomic mass is 15.2. The molecular weight excluding hydrogens is 236 g/mol. The molecular formula is C15H26N4. The van der Waals surface area contributed by atoms with Crippen LogP contribution in [0.25, 0.3) is 0 Å². The summed E-state index contributed by atoms with van der Waals surface area (Å²) in [4.78, 5) is 11.6. The number of nitrogens with zero attached hydrogens (tertiary/aromatic N) is 3. The zero-order chi connectivity index (χ0) is 13.8. The van der Waals surface area contributed by atoms with Crippen molar-refractivity contribution in [3.05, 3.63) is 17.6 Å². The number of likely N-dealkylation sites (N-methyl/N-ethyl adjacent to an activating group) is 1. The minimum atomic E-state index is 0.494. The van der Waals surface area contributed by atoms with Crippen LogP contribution in [0.1, 0.15) is 44.5 Å². The van der Waals surface area contributed by atoms with Crippen LogP contribution in [0.3, 0.4) is 0 Å². The fourth-order valence-electron chi connectivity index (χ4n) is 2.89. The zero-order valence-corrected chi connectivity index (χ0v) is 12.6. The number of rotatable bonds is 4. The first-order valence-electron chi connectivity index (χ1n) is 7.43. The molecule has 1 aliphatic heterocycles. The molecule has 106 valence electrons. The van der Waals surface area contributed by atoms with E-state index in [-0.39, 0.29) is 0 Å². The van der Waals surface area contributed by atoms with Gasteiger partial charge in [0.2, 0.25) is 0 Å². The topological polar surface area (TPSA) is 41.0 Å². The fourth-order valence-corrected chi connectivity index (χ4v) is 2.89. The van der Waals surface area contributed by atoms with Crippen molar-refractivity contribution >= 4 is 5.82 Å². The summed E-state index contributed by atoms with van der Waals surface area (Å²) < 4.78 is 0. The molecule has 2 atom stereocenters. The van der Waals surface area contributed by atoms with Crippen LogP contribution in [0.15, 0.2) is 6.20 Å². The highest BCUT2D eigenvalue weighted by molar-refractivity contribution is 5.40. The predicted molar refractivity (Wildman–Crippen MR) is 79.6 cm³/mol. The third-order valence-electron chi connectivity index (χ3n) is 4.13. The second-order valence-corrected chi connectivity index (χ2v) is 5.50. The van der Waals surface area contributed by atoms with E-state index in [1.165, 1.54) is 19.3 Å². The van der Waals surface area contributed by atoms with E-state index in [0.29, 0.717) is 12.1 Å². The summed E-state index contributed by atoms with van der Waals surface area (Å²) in [6, 6.07) is 1.03. The lowest BCUT2D eigenvalue weighted by molar-refractivity contribution is 0.370. The lowest BCUT2D eigenvalue weighted by atomic mass is 9.96. The highest BCUT2D eigenvalue weighted by Gasteiger charge is 2.28. The van der Waals surface area contributed by atoms with Crippen molar-refractivity contribution in [2.75, 3.05) is 18.0 Å². The third kappa shape index (κ3) is 3.24. The first-order valence-corrected chi connectivity index (χ1v) is 7.43. The summed E-state index contributed by atoms with van der Waals surface area (Å²) in [7, 11) is 0. The van der Waals surface area contributed by atoms with Crippen molar-refractivity contribution in [1.29, 1.82) is 0 Å². The molecule has 1 aromatic rings.